The summed E-state index contributed by atoms with van der Waals surface area (Å²) in [5.41, 5.74) is 0. The highest BCUT2D eigenvalue weighted by Gasteiger charge is 2.30. The minimum Gasteiger partial charge on any atom is -0.462 e. The predicted molar refractivity (Wildman–Crippen MR) is 381 cm³/mol. The summed E-state index contributed by atoms with van der Waals surface area (Å²) < 4.78 is 68.2. The normalized spacial score (nSPS) is 14.6. The lowest BCUT2D eigenvalue weighted by atomic mass is 10.1. The van der Waals surface area contributed by atoms with Crippen LogP contribution in [-0.2, 0) is 65.4 Å². The number of aliphatic hydroxyl groups is 1. The lowest BCUT2D eigenvalue weighted by Gasteiger charge is -2.21. The van der Waals surface area contributed by atoms with Gasteiger partial charge in [-0.2, -0.15) is 0 Å². The van der Waals surface area contributed by atoms with Gasteiger partial charge in [0.1, 0.15) is 19.3 Å². The molecular formula is C75H130O17P2. The molecule has 0 aliphatic carbocycles. The topological polar surface area (TPSA) is 237 Å². The maximum absolute atomic E-state index is 13.0. The van der Waals surface area contributed by atoms with Crippen LogP contribution in [0.15, 0.2) is 97.2 Å². The van der Waals surface area contributed by atoms with Gasteiger partial charge in [-0.1, -0.05) is 253 Å². The largest absolute Gasteiger partial charge is 0.472 e. The van der Waals surface area contributed by atoms with Gasteiger partial charge in [0, 0.05) is 25.7 Å². The molecule has 0 aromatic heterocycles. The maximum atomic E-state index is 13.0. The number of unbranched alkanes of at least 4 members (excludes halogenated alkanes) is 26. The number of allylic oxidation sites excluding steroid dienone is 16. The van der Waals surface area contributed by atoms with Crippen molar-refractivity contribution < 1.29 is 80.2 Å². The van der Waals surface area contributed by atoms with Gasteiger partial charge in [-0.05, 0) is 116 Å². The molecule has 94 heavy (non-hydrogen) atoms. The fourth-order valence-electron chi connectivity index (χ4n) is 9.44. The first-order chi connectivity index (χ1) is 45.7. The number of rotatable bonds is 68. The summed E-state index contributed by atoms with van der Waals surface area (Å²) in [7, 11) is -9.94. The molecule has 0 saturated carbocycles. The van der Waals surface area contributed by atoms with Gasteiger partial charge >= 0.3 is 39.5 Å². The van der Waals surface area contributed by atoms with Gasteiger partial charge in [0.15, 0.2) is 12.2 Å². The lowest BCUT2D eigenvalue weighted by molar-refractivity contribution is -0.161. The number of ether oxygens (including phenoxy) is 4. The van der Waals surface area contributed by atoms with E-state index in [1.165, 1.54) is 51.4 Å². The number of carbonyl (C=O) groups excluding carboxylic acids is 4. The van der Waals surface area contributed by atoms with Crippen LogP contribution in [0.1, 0.15) is 297 Å². The van der Waals surface area contributed by atoms with E-state index in [1.807, 2.05) is 0 Å². The van der Waals surface area contributed by atoms with E-state index in [0.29, 0.717) is 25.7 Å². The molecule has 0 rings (SSSR count). The molecule has 19 heteroatoms. The number of phosphoric acid groups is 2. The van der Waals surface area contributed by atoms with Crippen molar-refractivity contribution in [2.24, 2.45) is 0 Å². The second-order valence-corrected chi connectivity index (χ2v) is 27.1. The molecule has 17 nitrogen and oxygen atoms in total. The van der Waals surface area contributed by atoms with Crippen molar-refractivity contribution >= 4 is 39.5 Å². The highest BCUT2D eigenvalue weighted by molar-refractivity contribution is 7.47. The number of hydrogen-bond acceptors (Lipinski definition) is 15. The predicted octanol–water partition coefficient (Wildman–Crippen LogP) is 20.4. The smallest absolute Gasteiger partial charge is 0.462 e. The van der Waals surface area contributed by atoms with Crippen LogP contribution >= 0.6 is 15.6 Å². The molecule has 0 aromatic rings. The van der Waals surface area contributed by atoms with Gasteiger partial charge in [-0.15, -0.1) is 0 Å². The van der Waals surface area contributed by atoms with Gasteiger partial charge in [0.25, 0.3) is 0 Å². The van der Waals surface area contributed by atoms with Crippen molar-refractivity contribution in [3.05, 3.63) is 97.2 Å². The van der Waals surface area contributed by atoms with E-state index in [4.69, 9.17) is 37.0 Å². The zero-order chi connectivity index (χ0) is 69.0. The number of esters is 4. The molecule has 0 aliphatic heterocycles. The minimum absolute atomic E-state index is 0.0764. The van der Waals surface area contributed by atoms with Crippen LogP contribution < -0.4 is 0 Å². The molecular weight excluding hydrogens is 1230 g/mol. The Morgan fingerprint density at radius 3 is 0.947 bits per heavy atom. The fraction of sp³-hybridized carbons (Fsp3) is 0.733. The molecule has 3 N–H and O–H groups in total. The van der Waals surface area contributed by atoms with Crippen LogP contribution in [0.25, 0.3) is 0 Å². The highest BCUT2D eigenvalue weighted by Crippen LogP contribution is 2.45. The van der Waals surface area contributed by atoms with Gasteiger partial charge in [0.2, 0.25) is 0 Å². The molecule has 0 amide bonds. The van der Waals surface area contributed by atoms with Crippen molar-refractivity contribution in [2.75, 3.05) is 39.6 Å². The second kappa shape index (κ2) is 67.5. The zero-order valence-corrected chi connectivity index (χ0v) is 60.7. The summed E-state index contributed by atoms with van der Waals surface area (Å²) in [6.07, 6.45) is 68.5. The monoisotopic (exact) mass is 1360 g/mol. The summed E-state index contributed by atoms with van der Waals surface area (Å²) in [4.78, 5) is 72.6. The Balaban J connectivity index is 5.31. The molecule has 0 aliphatic rings. The Morgan fingerprint density at radius 2 is 0.585 bits per heavy atom. The number of carbonyl (C=O) groups is 4. The SMILES string of the molecule is CC/C=C\C/C=C\C/C=C\C/C=C\C/C=C\CCCCCC(=O)OCC(COP(=O)(O)OCC(O)COP(=O)(O)OCC(COC(=O)CCCCCCC/C=C\C/C=C\CCC)OC(=O)CCCCCCCCCCCCC)OC(=O)CCCCCCC/C=C\CCCC. The van der Waals surface area contributed by atoms with E-state index in [0.717, 1.165) is 167 Å². The lowest BCUT2D eigenvalue weighted by Crippen LogP contribution is -2.30. The van der Waals surface area contributed by atoms with Crippen molar-refractivity contribution in [3.8, 4) is 0 Å². The Morgan fingerprint density at radius 1 is 0.309 bits per heavy atom. The summed E-state index contributed by atoms with van der Waals surface area (Å²) in [5.74, 6) is -2.23. The van der Waals surface area contributed by atoms with Crippen LogP contribution in [0.5, 0.6) is 0 Å². The van der Waals surface area contributed by atoms with E-state index in [9.17, 15) is 43.2 Å². The number of phosphoric ester groups is 2. The zero-order valence-electron chi connectivity index (χ0n) is 58.9. The first-order valence-corrected chi connectivity index (χ1v) is 39.5. The standard InChI is InChI=1S/C75H130O17P2/c1-5-9-13-17-21-25-29-31-32-33-34-35-36-38-42-44-48-52-56-60-73(78)86-66-71(92-75(80)62-58-54-50-46-40-28-24-20-16-12-8-4)68-90-94(83,84)88-64-69(76)63-87-93(81,82)89-67-70(91-74(79)61-57-53-49-45-39-27-23-19-15-11-7-3)65-85-72(77)59-55-51-47-43-41-37-30-26-22-18-14-10-6-2/h9,13-14,18,20-21,24-26,30-32,34-35,38,42,69-71,76H,5-8,10-12,15-17,19,22-23,27-29,33,36-37,39-41,43-68H2,1-4H3,(H,81,82)(H,83,84)/b13-9-,18-14-,24-20-,25-21-,30-26-,32-31-,35-34-,42-38-. The molecule has 0 saturated heterocycles. The Hall–Kier alpha value is -4.02. The van der Waals surface area contributed by atoms with Gasteiger partial charge in [-0.3, -0.25) is 37.3 Å². The average molecular weight is 1370 g/mol. The van der Waals surface area contributed by atoms with Crippen molar-refractivity contribution in [3.63, 3.8) is 0 Å². The molecule has 0 aromatic carbocycles. The first-order valence-electron chi connectivity index (χ1n) is 36.5. The number of hydrogen-bond donors (Lipinski definition) is 3. The Bertz CT molecular complexity index is 2170. The van der Waals surface area contributed by atoms with Gasteiger partial charge in [0.05, 0.1) is 26.4 Å². The molecule has 5 atom stereocenters. The van der Waals surface area contributed by atoms with E-state index < -0.39 is 97.5 Å². The third kappa shape index (κ3) is 66.6. The molecule has 0 bridgehead atoms. The van der Waals surface area contributed by atoms with Crippen LogP contribution in [0.3, 0.4) is 0 Å². The van der Waals surface area contributed by atoms with Gasteiger partial charge < -0.3 is 33.8 Å². The Labute approximate surface area is 569 Å². The summed E-state index contributed by atoms with van der Waals surface area (Å²) >= 11 is 0. The van der Waals surface area contributed by atoms with E-state index in [-0.39, 0.29) is 25.7 Å². The summed E-state index contributed by atoms with van der Waals surface area (Å²) in [6, 6.07) is 0. The third-order valence-corrected chi connectivity index (χ3v) is 16.9. The highest BCUT2D eigenvalue weighted by atomic mass is 31.2. The van der Waals surface area contributed by atoms with Crippen LogP contribution in [0.2, 0.25) is 0 Å². The number of aliphatic hydroxyl groups excluding tert-OH is 1. The minimum atomic E-state index is -4.98. The van der Waals surface area contributed by atoms with Gasteiger partial charge in [-0.25, -0.2) is 9.13 Å². The van der Waals surface area contributed by atoms with Crippen LogP contribution in [-0.4, -0.2) is 96.7 Å². The van der Waals surface area contributed by atoms with E-state index in [2.05, 4.69) is 125 Å². The quantitative estimate of drug-likeness (QED) is 0.0169. The summed E-state index contributed by atoms with van der Waals surface area (Å²) in [5, 5.41) is 10.6. The third-order valence-electron chi connectivity index (χ3n) is 15.0. The van der Waals surface area contributed by atoms with Crippen molar-refractivity contribution in [1.82, 2.24) is 0 Å². The maximum Gasteiger partial charge on any atom is 0.472 e. The van der Waals surface area contributed by atoms with E-state index in [1.54, 1.807) is 0 Å². The molecule has 0 spiro atoms. The van der Waals surface area contributed by atoms with Crippen LogP contribution in [0, 0.1) is 0 Å². The van der Waals surface area contributed by atoms with Crippen LogP contribution in [0.4, 0.5) is 0 Å². The molecule has 0 radical (unpaired) electrons. The molecule has 542 valence electrons. The second-order valence-electron chi connectivity index (χ2n) is 24.2. The van der Waals surface area contributed by atoms with E-state index >= 15 is 0 Å². The van der Waals surface area contributed by atoms with Crippen molar-refractivity contribution in [1.29, 1.82) is 0 Å². The Kier molecular flexibility index (Phi) is 64.7. The molecule has 0 heterocycles. The van der Waals surface area contributed by atoms with Crippen molar-refractivity contribution in [2.45, 2.75) is 316 Å². The molecule has 5 unspecified atom stereocenters. The molecule has 0 fully saturated rings. The first kappa shape index (κ1) is 90.0. The average Bonchev–Trinajstić information content (AvgIpc) is 1.24. The summed E-state index contributed by atoms with van der Waals surface area (Å²) in [6.45, 7) is 4.58. The fourth-order valence-corrected chi connectivity index (χ4v) is 11.0.